The van der Waals surface area contributed by atoms with Crippen LogP contribution in [0.4, 0.5) is 0 Å². The number of carbonyl (C=O) groups is 1. The number of aliphatic imine (C=N–C) groups is 1. The van der Waals surface area contributed by atoms with E-state index in [0.29, 0.717) is 19.5 Å². The summed E-state index contributed by atoms with van der Waals surface area (Å²) in [5.74, 6) is 0.861. The predicted octanol–water partition coefficient (Wildman–Crippen LogP) is 2.40. The number of carbonyl (C=O) groups excluding carboxylic acids is 1. The molecule has 6 heteroatoms. The Balaban J connectivity index is 0.00000484. The Morgan fingerprint density at radius 1 is 1.13 bits per heavy atom. The highest BCUT2D eigenvalue weighted by Gasteiger charge is 2.05. The smallest absolute Gasteiger partial charge is 0.223 e. The second-order valence-electron chi connectivity index (χ2n) is 5.28. The zero-order valence-corrected chi connectivity index (χ0v) is 16.9. The Morgan fingerprint density at radius 3 is 2.35 bits per heavy atom. The molecule has 2 N–H and O–H groups in total. The van der Waals surface area contributed by atoms with Gasteiger partial charge in [0.25, 0.3) is 0 Å². The van der Waals surface area contributed by atoms with E-state index in [9.17, 15) is 4.79 Å². The van der Waals surface area contributed by atoms with Crippen LogP contribution in [0, 0.1) is 0 Å². The molecule has 5 nitrogen and oxygen atoms in total. The summed E-state index contributed by atoms with van der Waals surface area (Å²) in [5.41, 5.74) is 2.57. The van der Waals surface area contributed by atoms with Crippen LogP contribution in [0.25, 0.3) is 0 Å². The van der Waals surface area contributed by atoms with Gasteiger partial charge in [-0.05, 0) is 24.5 Å². The summed E-state index contributed by atoms with van der Waals surface area (Å²) >= 11 is 0. The second kappa shape index (κ2) is 12.2. The maximum Gasteiger partial charge on any atom is 0.223 e. The maximum absolute atomic E-state index is 11.6. The molecule has 0 unspecified atom stereocenters. The van der Waals surface area contributed by atoms with Crippen molar-refractivity contribution >= 4 is 35.8 Å². The van der Waals surface area contributed by atoms with Gasteiger partial charge in [-0.15, -0.1) is 24.0 Å². The summed E-state index contributed by atoms with van der Waals surface area (Å²) in [7, 11) is 3.53. The number of amides is 1. The number of guanidine groups is 1. The van der Waals surface area contributed by atoms with Gasteiger partial charge in [-0.3, -0.25) is 4.79 Å². The van der Waals surface area contributed by atoms with Gasteiger partial charge in [0.05, 0.1) is 6.54 Å². The third-order valence-electron chi connectivity index (χ3n) is 3.38. The number of hydrogen-bond donors (Lipinski definition) is 2. The maximum atomic E-state index is 11.6. The van der Waals surface area contributed by atoms with E-state index in [1.165, 1.54) is 11.1 Å². The lowest BCUT2D eigenvalue weighted by molar-refractivity contribution is -0.128. The van der Waals surface area contributed by atoms with Gasteiger partial charge in [-0.1, -0.05) is 31.2 Å². The third-order valence-corrected chi connectivity index (χ3v) is 3.38. The van der Waals surface area contributed by atoms with E-state index >= 15 is 0 Å². The molecule has 1 aromatic rings. The molecule has 0 saturated carbocycles. The van der Waals surface area contributed by atoms with Crippen LogP contribution in [0.5, 0.6) is 0 Å². The first-order valence-corrected chi connectivity index (χ1v) is 7.87. The zero-order valence-electron chi connectivity index (χ0n) is 14.6. The third kappa shape index (κ3) is 8.20. The van der Waals surface area contributed by atoms with Crippen molar-refractivity contribution in [2.45, 2.75) is 33.2 Å². The number of nitrogens with one attached hydrogen (secondary N) is 2. The van der Waals surface area contributed by atoms with E-state index in [1.54, 1.807) is 19.0 Å². The van der Waals surface area contributed by atoms with Gasteiger partial charge < -0.3 is 15.5 Å². The Kier molecular flexibility index (Phi) is 11.5. The Labute approximate surface area is 157 Å². The van der Waals surface area contributed by atoms with Gasteiger partial charge in [0.15, 0.2) is 5.96 Å². The molecule has 1 amide bonds. The van der Waals surface area contributed by atoms with E-state index in [0.717, 1.165) is 18.9 Å². The van der Waals surface area contributed by atoms with Crippen molar-refractivity contribution in [1.29, 1.82) is 0 Å². The molecule has 130 valence electrons. The molecule has 0 bridgehead atoms. The van der Waals surface area contributed by atoms with Gasteiger partial charge in [0.2, 0.25) is 5.91 Å². The lowest BCUT2D eigenvalue weighted by Gasteiger charge is -2.13. The zero-order chi connectivity index (χ0) is 16.4. The SMILES string of the molecule is CCNC(=NCc1ccccc1CC)NCCC(=O)N(C)C.I. The number of halogens is 1. The summed E-state index contributed by atoms with van der Waals surface area (Å²) in [4.78, 5) is 17.8. The standard InChI is InChI=1S/C17H28N4O.HI/c1-5-14-9-7-8-10-15(14)13-20-17(18-6-2)19-12-11-16(22)21(3)4;/h7-10H,5-6,11-13H2,1-4H3,(H2,18,19,20);1H. The lowest BCUT2D eigenvalue weighted by atomic mass is 10.1. The average molecular weight is 432 g/mol. The van der Waals surface area contributed by atoms with Gasteiger partial charge in [0, 0.05) is 33.6 Å². The van der Waals surface area contributed by atoms with Crippen LogP contribution in [0.1, 0.15) is 31.4 Å². The van der Waals surface area contributed by atoms with Crippen molar-refractivity contribution in [2.75, 3.05) is 27.2 Å². The largest absolute Gasteiger partial charge is 0.357 e. The molecule has 0 aliphatic rings. The van der Waals surface area contributed by atoms with Crippen LogP contribution in [0.2, 0.25) is 0 Å². The summed E-state index contributed by atoms with van der Waals surface area (Å²) in [6, 6.07) is 8.35. The predicted molar refractivity (Wildman–Crippen MR) is 107 cm³/mol. The second-order valence-corrected chi connectivity index (χ2v) is 5.28. The first kappa shape index (κ1) is 21.7. The van der Waals surface area contributed by atoms with Crippen molar-refractivity contribution in [3.8, 4) is 0 Å². The molecule has 23 heavy (non-hydrogen) atoms. The van der Waals surface area contributed by atoms with E-state index in [2.05, 4.69) is 40.7 Å². The van der Waals surface area contributed by atoms with Gasteiger partial charge in [-0.2, -0.15) is 0 Å². The Morgan fingerprint density at radius 2 is 1.78 bits per heavy atom. The molecule has 0 aliphatic heterocycles. The first-order chi connectivity index (χ1) is 10.6. The molecule has 1 rings (SSSR count). The Bertz CT molecular complexity index is 503. The summed E-state index contributed by atoms with van der Waals surface area (Å²) in [6.07, 6.45) is 1.47. The normalized spacial score (nSPS) is 10.7. The van der Waals surface area contributed by atoms with Gasteiger partial charge in [0.1, 0.15) is 0 Å². The molecular weight excluding hydrogens is 403 g/mol. The van der Waals surface area contributed by atoms with Crippen LogP contribution >= 0.6 is 24.0 Å². The number of hydrogen-bond acceptors (Lipinski definition) is 2. The number of benzene rings is 1. The van der Waals surface area contributed by atoms with E-state index in [-0.39, 0.29) is 29.9 Å². The summed E-state index contributed by atoms with van der Waals surface area (Å²) < 4.78 is 0. The van der Waals surface area contributed by atoms with Crippen LogP contribution in [0.3, 0.4) is 0 Å². The first-order valence-electron chi connectivity index (χ1n) is 7.87. The van der Waals surface area contributed by atoms with Crippen molar-refractivity contribution in [2.24, 2.45) is 4.99 Å². The van der Waals surface area contributed by atoms with Gasteiger partial charge >= 0.3 is 0 Å². The molecular formula is C17H29IN4O. The highest BCUT2D eigenvalue weighted by molar-refractivity contribution is 14.0. The van der Waals surface area contributed by atoms with Gasteiger partial charge in [-0.25, -0.2) is 4.99 Å². The highest BCUT2D eigenvalue weighted by Crippen LogP contribution is 2.10. The van der Waals surface area contributed by atoms with E-state index < -0.39 is 0 Å². The van der Waals surface area contributed by atoms with Crippen molar-refractivity contribution < 1.29 is 4.79 Å². The van der Waals surface area contributed by atoms with E-state index in [1.807, 2.05) is 13.0 Å². The highest BCUT2D eigenvalue weighted by atomic mass is 127. The lowest BCUT2D eigenvalue weighted by Crippen LogP contribution is -2.39. The number of rotatable bonds is 7. The molecule has 0 saturated heterocycles. The molecule has 1 aromatic carbocycles. The Hall–Kier alpha value is -1.31. The minimum absolute atomic E-state index is 0. The summed E-state index contributed by atoms with van der Waals surface area (Å²) in [6.45, 7) is 6.20. The fourth-order valence-corrected chi connectivity index (χ4v) is 2.07. The van der Waals surface area contributed by atoms with Crippen LogP contribution in [-0.2, 0) is 17.8 Å². The number of aryl methyl sites for hydroxylation is 1. The van der Waals surface area contributed by atoms with Crippen molar-refractivity contribution in [1.82, 2.24) is 15.5 Å². The fourth-order valence-electron chi connectivity index (χ4n) is 2.07. The quantitative estimate of drug-likeness (QED) is 0.395. The fraction of sp³-hybridized carbons (Fsp3) is 0.529. The van der Waals surface area contributed by atoms with Crippen LogP contribution < -0.4 is 10.6 Å². The average Bonchev–Trinajstić information content (AvgIpc) is 2.52. The summed E-state index contributed by atoms with van der Waals surface area (Å²) in [5, 5.41) is 6.41. The van der Waals surface area contributed by atoms with Crippen molar-refractivity contribution in [3.63, 3.8) is 0 Å². The van der Waals surface area contributed by atoms with E-state index in [4.69, 9.17) is 0 Å². The molecule has 0 aliphatic carbocycles. The topological polar surface area (TPSA) is 56.7 Å². The minimum atomic E-state index is 0. The van der Waals surface area contributed by atoms with Crippen molar-refractivity contribution in [3.05, 3.63) is 35.4 Å². The molecule has 0 spiro atoms. The molecule has 0 heterocycles. The number of nitrogens with zero attached hydrogens (tertiary/aromatic N) is 2. The molecule has 0 radical (unpaired) electrons. The molecule has 0 aromatic heterocycles. The van der Waals surface area contributed by atoms with Crippen LogP contribution in [-0.4, -0.2) is 44.0 Å². The molecule has 0 fully saturated rings. The minimum Gasteiger partial charge on any atom is -0.357 e. The van der Waals surface area contributed by atoms with Crippen LogP contribution in [0.15, 0.2) is 29.3 Å². The monoisotopic (exact) mass is 432 g/mol. The molecule has 0 atom stereocenters.